The van der Waals surface area contributed by atoms with Crippen LogP contribution in [0.25, 0.3) is 0 Å². The van der Waals surface area contributed by atoms with E-state index in [2.05, 4.69) is 0 Å². The molecule has 0 amide bonds. The highest BCUT2D eigenvalue weighted by atomic mass is 16.5. The number of methoxy groups -OCH3 is 1. The Balaban J connectivity index is 2.22. The van der Waals surface area contributed by atoms with Crippen LogP contribution in [-0.4, -0.2) is 30.6 Å². The third-order valence-corrected chi connectivity index (χ3v) is 3.31. The number of Topliss-reactive ketones (excluding diaryl/α,β-unsaturated/α-hetero) is 1. The minimum Gasteiger partial charge on any atom is -0.469 e. The molecule has 0 aromatic carbocycles. The Bertz CT molecular complexity index is 286. The van der Waals surface area contributed by atoms with Crippen molar-refractivity contribution in [1.82, 2.24) is 0 Å². The largest absolute Gasteiger partial charge is 0.469 e. The molecular formula is C10H14O4. The summed E-state index contributed by atoms with van der Waals surface area (Å²) in [5.74, 6) is -0.414. The molecule has 0 radical (unpaired) electrons. The van der Waals surface area contributed by atoms with E-state index in [1.807, 2.05) is 6.92 Å². The third-order valence-electron chi connectivity index (χ3n) is 3.31. The summed E-state index contributed by atoms with van der Waals surface area (Å²) < 4.78 is 10.3. The monoisotopic (exact) mass is 198 g/mol. The summed E-state index contributed by atoms with van der Waals surface area (Å²) in [4.78, 5) is 22.8. The molecule has 4 nitrogen and oxygen atoms in total. The molecule has 4 heteroatoms. The van der Waals surface area contributed by atoms with Crippen molar-refractivity contribution >= 4 is 11.8 Å². The summed E-state index contributed by atoms with van der Waals surface area (Å²) in [6.07, 6.45) is 1.26. The first kappa shape index (κ1) is 9.65. The van der Waals surface area contributed by atoms with Crippen molar-refractivity contribution in [3.05, 3.63) is 0 Å². The Hall–Kier alpha value is -0.900. The molecule has 0 N–H and O–H groups in total. The predicted molar refractivity (Wildman–Crippen MR) is 47.6 cm³/mol. The maximum Gasteiger partial charge on any atom is 0.311 e. The first-order valence-corrected chi connectivity index (χ1v) is 4.85. The van der Waals surface area contributed by atoms with Crippen LogP contribution >= 0.6 is 0 Å². The van der Waals surface area contributed by atoms with Crippen molar-refractivity contribution < 1.29 is 19.1 Å². The Morgan fingerprint density at radius 1 is 1.64 bits per heavy atom. The maximum absolute atomic E-state index is 11.5. The van der Waals surface area contributed by atoms with Crippen molar-refractivity contribution in [2.45, 2.75) is 37.9 Å². The molecule has 14 heavy (non-hydrogen) atoms. The lowest BCUT2D eigenvalue weighted by molar-refractivity contribution is -0.158. The highest BCUT2D eigenvalue weighted by Crippen LogP contribution is 2.44. The van der Waals surface area contributed by atoms with E-state index in [4.69, 9.17) is 9.47 Å². The minimum atomic E-state index is -0.480. The van der Waals surface area contributed by atoms with E-state index in [1.54, 1.807) is 0 Å². The SMILES string of the molecule is COC(=O)[C@@H]1C[C@H]2O[C@]1(C)CCC2=O. The number of esters is 1. The number of ketones is 1. The number of fused-ring (bicyclic) bond motifs is 2. The number of rotatable bonds is 1. The molecule has 2 fully saturated rings. The van der Waals surface area contributed by atoms with Crippen LogP contribution in [0.4, 0.5) is 0 Å². The molecule has 2 heterocycles. The van der Waals surface area contributed by atoms with Crippen LogP contribution in [0.5, 0.6) is 0 Å². The number of carbonyl (C=O) groups excluding carboxylic acids is 2. The zero-order valence-corrected chi connectivity index (χ0v) is 8.41. The van der Waals surface area contributed by atoms with E-state index in [0.717, 1.165) is 0 Å². The van der Waals surface area contributed by atoms with Crippen molar-refractivity contribution in [1.29, 1.82) is 0 Å². The summed E-state index contributed by atoms with van der Waals surface area (Å²) in [6, 6.07) is 0. The van der Waals surface area contributed by atoms with Crippen molar-refractivity contribution in [3.8, 4) is 0 Å². The van der Waals surface area contributed by atoms with Gasteiger partial charge in [0.1, 0.15) is 6.10 Å². The Kier molecular flexibility index (Phi) is 2.10. The summed E-state index contributed by atoms with van der Waals surface area (Å²) in [6.45, 7) is 1.89. The van der Waals surface area contributed by atoms with Gasteiger partial charge in [-0.15, -0.1) is 0 Å². The smallest absolute Gasteiger partial charge is 0.311 e. The standard InChI is InChI=1S/C10H14O4/c1-10-4-3-7(11)8(14-10)5-6(10)9(12)13-2/h6,8H,3-5H2,1-2H3/t6-,8+,10+/m0/s1. The lowest BCUT2D eigenvalue weighted by Crippen LogP contribution is -2.40. The molecule has 0 saturated carbocycles. The Morgan fingerprint density at radius 3 is 2.93 bits per heavy atom. The Morgan fingerprint density at radius 2 is 2.36 bits per heavy atom. The van der Waals surface area contributed by atoms with Crippen molar-refractivity contribution in [2.24, 2.45) is 5.92 Å². The minimum absolute atomic E-state index is 0.119. The average Bonchev–Trinajstić information content (AvgIpc) is 2.46. The molecule has 78 valence electrons. The van der Waals surface area contributed by atoms with Gasteiger partial charge in [-0.2, -0.15) is 0 Å². The molecule has 2 bridgehead atoms. The van der Waals surface area contributed by atoms with Crippen LogP contribution in [0.2, 0.25) is 0 Å². The molecule has 3 atom stereocenters. The molecule has 0 unspecified atom stereocenters. The molecule has 0 aromatic rings. The topological polar surface area (TPSA) is 52.6 Å². The van der Waals surface area contributed by atoms with Gasteiger partial charge in [0.05, 0.1) is 18.6 Å². The fourth-order valence-corrected chi connectivity index (χ4v) is 2.37. The molecule has 2 aliphatic rings. The van der Waals surface area contributed by atoms with Crippen LogP contribution in [0.15, 0.2) is 0 Å². The van der Waals surface area contributed by atoms with Crippen LogP contribution in [0, 0.1) is 5.92 Å². The lowest BCUT2D eigenvalue weighted by Gasteiger charge is -2.31. The fourth-order valence-electron chi connectivity index (χ4n) is 2.37. The Labute approximate surface area is 82.6 Å². The molecule has 2 saturated heterocycles. The zero-order chi connectivity index (χ0) is 10.3. The first-order valence-electron chi connectivity index (χ1n) is 4.85. The van der Waals surface area contributed by atoms with Crippen LogP contribution in [0.1, 0.15) is 26.2 Å². The van der Waals surface area contributed by atoms with Crippen LogP contribution in [-0.2, 0) is 19.1 Å². The van der Waals surface area contributed by atoms with Gasteiger partial charge >= 0.3 is 5.97 Å². The maximum atomic E-state index is 11.5. The predicted octanol–water partition coefficient (Wildman–Crippen LogP) is 0.686. The van der Waals surface area contributed by atoms with Crippen LogP contribution in [0.3, 0.4) is 0 Å². The van der Waals surface area contributed by atoms with Gasteiger partial charge < -0.3 is 9.47 Å². The van der Waals surface area contributed by atoms with E-state index >= 15 is 0 Å². The van der Waals surface area contributed by atoms with Crippen LogP contribution < -0.4 is 0 Å². The quantitative estimate of drug-likeness (QED) is 0.581. The number of carbonyl (C=O) groups is 2. The summed E-state index contributed by atoms with van der Waals surface area (Å²) in [5.41, 5.74) is -0.480. The second kappa shape index (κ2) is 3.05. The molecule has 0 aromatic heterocycles. The zero-order valence-electron chi connectivity index (χ0n) is 8.41. The molecular weight excluding hydrogens is 184 g/mol. The van der Waals surface area contributed by atoms with E-state index in [1.165, 1.54) is 7.11 Å². The van der Waals surface area contributed by atoms with E-state index in [9.17, 15) is 9.59 Å². The molecule has 0 aliphatic carbocycles. The van der Waals surface area contributed by atoms with Gasteiger partial charge in [0, 0.05) is 6.42 Å². The van der Waals surface area contributed by atoms with Crippen molar-refractivity contribution in [2.75, 3.05) is 7.11 Å². The van der Waals surface area contributed by atoms with Gasteiger partial charge in [-0.05, 0) is 19.8 Å². The van der Waals surface area contributed by atoms with Gasteiger partial charge in [0.25, 0.3) is 0 Å². The normalized spacial score (nSPS) is 41.1. The third kappa shape index (κ3) is 1.25. The second-order valence-corrected chi connectivity index (χ2v) is 4.20. The number of hydrogen-bond donors (Lipinski definition) is 0. The number of ether oxygens (including phenoxy) is 2. The molecule has 0 spiro atoms. The van der Waals surface area contributed by atoms with Gasteiger partial charge in [-0.1, -0.05) is 0 Å². The first-order chi connectivity index (χ1) is 6.57. The van der Waals surface area contributed by atoms with E-state index in [-0.39, 0.29) is 23.8 Å². The van der Waals surface area contributed by atoms with E-state index < -0.39 is 5.60 Å². The summed E-state index contributed by atoms with van der Waals surface area (Å²) in [7, 11) is 1.37. The summed E-state index contributed by atoms with van der Waals surface area (Å²) in [5, 5.41) is 0. The average molecular weight is 198 g/mol. The van der Waals surface area contributed by atoms with Gasteiger partial charge in [0.2, 0.25) is 0 Å². The fraction of sp³-hybridized carbons (Fsp3) is 0.800. The lowest BCUT2D eigenvalue weighted by atomic mass is 9.86. The summed E-state index contributed by atoms with van der Waals surface area (Å²) >= 11 is 0. The molecule has 2 aliphatic heterocycles. The van der Waals surface area contributed by atoms with Gasteiger partial charge in [-0.25, -0.2) is 0 Å². The highest BCUT2D eigenvalue weighted by Gasteiger charge is 2.54. The van der Waals surface area contributed by atoms with Gasteiger partial charge in [-0.3, -0.25) is 9.59 Å². The molecule has 2 rings (SSSR count). The second-order valence-electron chi connectivity index (χ2n) is 4.20. The highest BCUT2D eigenvalue weighted by molar-refractivity contribution is 5.87. The number of hydrogen-bond acceptors (Lipinski definition) is 4. The van der Waals surface area contributed by atoms with Crippen molar-refractivity contribution in [3.63, 3.8) is 0 Å². The van der Waals surface area contributed by atoms with Gasteiger partial charge in [0.15, 0.2) is 5.78 Å². The van der Waals surface area contributed by atoms with E-state index in [0.29, 0.717) is 19.3 Å².